The molecule has 0 spiro atoms. The van der Waals surface area contributed by atoms with Crippen molar-refractivity contribution in [3.05, 3.63) is 100.0 Å². The summed E-state index contributed by atoms with van der Waals surface area (Å²) in [6.07, 6.45) is 1.65. The van der Waals surface area contributed by atoms with Crippen LogP contribution < -0.4 is 10.5 Å². The highest BCUT2D eigenvalue weighted by molar-refractivity contribution is 6.05. The second kappa shape index (κ2) is 7.83. The van der Waals surface area contributed by atoms with Gasteiger partial charge in [0, 0.05) is 24.5 Å². The predicted octanol–water partition coefficient (Wildman–Crippen LogP) is 3.87. The maximum Gasteiger partial charge on any atom is 0.259 e. The van der Waals surface area contributed by atoms with Crippen molar-refractivity contribution in [3.63, 3.8) is 0 Å². The third kappa shape index (κ3) is 3.91. The monoisotopic (exact) mass is 346 g/mol. The summed E-state index contributed by atoms with van der Waals surface area (Å²) in [7, 11) is 0. The number of benzene rings is 2. The van der Waals surface area contributed by atoms with Gasteiger partial charge in [-0.15, -0.1) is 0 Å². The van der Waals surface area contributed by atoms with Crippen molar-refractivity contribution in [1.29, 1.82) is 0 Å². The fourth-order valence-corrected chi connectivity index (χ4v) is 2.96. The highest BCUT2D eigenvalue weighted by Gasteiger charge is 2.17. The van der Waals surface area contributed by atoms with E-state index in [2.05, 4.69) is 0 Å². The zero-order valence-electron chi connectivity index (χ0n) is 15.1. The molecule has 4 heteroatoms. The van der Waals surface area contributed by atoms with E-state index in [-0.39, 0.29) is 11.5 Å². The molecular weight excluding hydrogens is 324 g/mol. The average Bonchev–Trinajstić information content (AvgIpc) is 2.65. The summed E-state index contributed by atoms with van der Waals surface area (Å²) >= 11 is 0. The first-order valence-corrected chi connectivity index (χ1v) is 8.71. The van der Waals surface area contributed by atoms with Crippen LogP contribution in [0.3, 0.4) is 0 Å². The van der Waals surface area contributed by atoms with E-state index in [4.69, 9.17) is 0 Å². The van der Waals surface area contributed by atoms with Crippen LogP contribution in [0.5, 0.6) is 0 Å². The largest absolute Gasteiger partial charge is 0.310 e. The van der Waals surface area contributed by atoms with Crippen molar-refractivity contribution in [1.82, 2.24) is 4.57 Å². The highest BCUT2D eigenvalue weighted by Crippen LogP contribution is 2.18. The summed E-state index contributed by atoms with van der Waals surface area (Å²) in [5, 5.41) is 0. The molecule has 0 saturated heterocycles. The first-order chi connectivity index (χ1) is 12.6. The average molecular weight is 346 g/mol. The van der Waals surface area contributed by atoms with Crippen molar-refractivity contribution in [2.24, 2.45) is 0 Å². The van der Waals surface area contributed by atoms with Gasteiger partial charge in [-0.1, -0.05) is 42.5 Å². The predicted molar refractivity (Wildman–Crippen MR) is 105 cm³/mol. The number of amides is 1. The number of rotatable bonds is 5. The molecule has 0 radical (unpaired) electrons. The molecule has 2 aromatic carbocycles. The molecule has 132 valence electrons. The minimum Gasteiger partial charge on any atom is -0.310 e. The van der Waals surface area contributed by atoms with E-state index < -0.39 is 0 Å². The van der Waals surface area contributed by atoms with Crippen LogP contribution in [0.25, 0.3) is 0 Å². The number of aryl methyl sites for hydroxylation is 1. The Morgan fingerprint density at radius 2 is 1.77 bits per heavy atom. The van der Waals surface area contributed by atoms with E-state index in [1.165, 1.54) is 6.07 Å². The van der Waals surface area contributed by atoms with Gasteiger partial charge in [0.1, 0.15) is 0 Å². The third-order valence-corrected chi connectivity index (χ3v) is 4.30. The molecule has 26 heavy (non-hydrogen) atoms. The zero-order valence-corrected chi connectivity index (χ0v) is 15.1. The summed E-state index contributed by atoms with van der Waals surface area (Å²) in [6, 6.07) is 20.7. The Morgan fingerprint density at radius 1 is 1.00 bits per heavy atom. The first-order valence-electron chi connectivity index (χ1n) is 8.71. The summed E-state index contributed by atoms with van der Waals surface area (Å²) in [5.74, 6) is -0.111. The normalized spacial score (nSPS) is 10.5. The number of aromatic nitrogens is 1. The third-order valence-electron chi connectivity index (χ3n) is 4.30. The Balaban J connectivity index is 1.91. The number of hydrogen-bond acceptors (Lipinski definition) is 2. The first kappa shape index (κ1) is 17.7. The molecular formula is C22H22N2O2. The lowest BCUT2D eigenvalue weighted by Gasteiger charge is -2.22. The van der Waals surface area contributed by atoms with Gasteiger partial charge in [0.15, 0.2) is 0 Å². The van der Waals surface area contributed by atoms with Crippen LogP contribution in [0.15, 0.2) is 77.7 Å². The Kier molecular flexibility index (Phi) is 5.32. The van der Waals surface area contributed by atoms with E-state index in [1.807, 2.05) is 68.4 Å². The van der Waals surface area contributed by atoms with Crippen molar-refractivity contribution in [2.75, 3.05) is 11.4 Å². The fourth-order valence-electron chi connectivity index (χ4n) is 2.96. The van der Waals surface area contributed by atoms with Crippen LogP contribution in [0.2, 0.25) is 0 Å². The fraction of sp³-hybridized carbons (Fsp3) is 0.182. The van der Waals surface area contributed by atoms with Gasteiger partial charge in [0.25, 0.3) is 11.5 Å². The Morgan fingerprint density at radius 3 is 2.46 bits per heavy atom. The lowest BCUT2D eigenvalue weighted by molar-refractivity contribution is 0.0987. The summed E-state index contributed by atoms with van der Waals surface area (Å²) in [4.78, 5) is 26.9. The van der Waals surface area contributed by atoms with E-state index in [1.54, 1.807) is 21.7 Å². The van der Waals surface area contributed by atoms with Crippen molar-refractivity contribution < 1.29 is 4.79 Å². The van der Waals surface area contributed by atoms with E-state index in [0.717, 1.165) is 16.8 Å². The maximum atomic E-state index is 13.0. The van der Waals surface area contributed by atoms with Gasteiger partial charge in [-0.25, -0.2) is 0 Å². The number of nitrogens with zero attached hydrogens (tertiary/aromatic N) is 2. The Hall–Kier alpha value is -3.14. The maximum absolute atomic E-state index is 13.0. The van der Waals surface area contributed by atoms with Crippen molar-refractivity contribution in [3.8, 4) is 0 Å². The van der Waals surface area contributed by atoms with Crippen LogP contribution >= 0.6 is 0 Å². The minimum absolute atomic E-state index is 0.111. The van der Waals surface area contributed by atoms with Crippen molar-refractivity contribution in [2.45, 2.75) is 20.4 Å². The number of hydrogen-bond donors (Lipinski definition) is 0. The molecule has 3 rings (SSSR count). The molecule has 0 N–H and O–H groups in total. The van der Waals surface area contributed by atoms with Gasteiger partial charge in [-0.05, 0) is 43.2 Å². The van der Waals surface area contributed by atoms with Gasteiger partial charge in [-0.3, -0.25) is 9.59 Å². The molecule has 0 aliphatic carbocycles. The SMILES string of the molecule is CCN(C(=O)c1ccc(=O)n(Cc2ccccc2)c1)c1cccc(C)c1. The molecule has 1 aromatic heterocycles. The topological polar surface area (TPSA) is 42.3 Å². The van der Waals surface area contributed by atoms with Gasteiger partial charge < -0.3 is 9.47 Å². The number of anilines is 1. The molecule has 0 bridgehead atoms. The molecule has 4 nitrogen and oxygen atoms in total. The quantitative estimate of drug-likeness (QED) is 0.704. The molecule has 1 amide bonds. The molecule has 0 aliphatic rings. The highest BCUT2D eigenvalue weighted by atomic mass is 16.2. The molecule has 1 heterocycles. The van der Waals surface area contributed by atoms with E-state index >= 15 is 0 Å². The second-order valence-electron chi connectivity index (χ2n) is 6.26. The molecule has 3 aromatic rings. The van der Waals surface area contributed by atoms with Gasteiger partial charge in [0.05, 0.1) is 12.1 Å². The standard InChI is InChI=1S/C22H22N2O2/c1-3-24(20-11-7-8-17(2)14-20)22(26)19-12-13-21(25)23(16-19)15-18-9-5-4-6-10-18/h4-14,16H,3,15H2,1-2H3. The van der Waals surface area contributed by atoms with E-state index in [0.29, 0.717) is 18.7 Å². The molecule has 0 saturated carbocycles. The summed E-state index contributed by atoms with van der Waals surface area (Å²) in [6.45, 7) is 4.94. The van der Waals surface area contributed by atoms with Gasteiger partial charge >= 0.3 is 0 Å². The molecule has 0 unspecified atom stereocenters. The van der Waals surface area contributed by atoms with Crippen LogP contribution in [0.4, 0.5) is 5.69 Å². The lowest BCUT2D eigenvalue weighted by atomic mass is 10.1. The molecule has 0 atom stereocenters. The summed E-state index contributed by atoms with van der Waals surface area (Å²) in [5.41, 5.74) is 3.36. The Bertz CT molecular complexity index is 961. The number of carbonyl (C=O) groups is 1. The number of pyridine rings is 1. The van der Waals surface area contributed by atoms with Crippen LogP contribution in [0, 0.1) is 6.92 Å². The second-order valence-corrected chi connectivity index (χ2v) is 6.26. The number of carbonyl (C=O) groups excluding carboxylic acids is 1. The van der Waals surface area contributed by atoms with Crippen LogP contribution in [-0.4, -0.2) is 17.0 Å². The van der Waals surface area contributed by atoms with Gasteiger partial charge in [-0.2, -0.15) is 0 Å². The lowest BCUT2D eigenvalue weighted by Crippen LogP contribution is -2.32. The smallest absolute Gasteiger partial charge is 0.259 e. The van der Waals surface area contributed by atoms with E-state index in [9.17, 15) is 9.59 Å². The Labute approximate surface area is 153 Å². The summed E-state index contributed by atoms with van der Waals surface area (Å²) < 4.78 is 1.58. The van der Waals surface area contributed by atoms with Crippen LogP contribution in [-0.2, 0) is 6.54 Å². The molecule has 0 aliphatic heterocycles. The van der Waals surface area contributed by atoms with Crippen molar-refractivity contribution >= 4 is 11.6 Å². The zero-order chi connectivity index (χ0) is 18.5. The van der Waals surface area contributed by atoms with Gasteiger partial charge in [0.2, 0.25) is 0 Å². The minimum atomic E-state index is -0.121. The van der Waals surface area contributed by atoms with Crippen LogP contribution in [0.1, 0.15) is 28.4 Å². The molecule has 0 fully saturated rings.